The molecule has 9 nitrogen and oxygen atoms in total. The Bertz CT molecular complexity index is 1270. The summed E-state index contributed by atoms with van der Waals surface area (Å²) in [4.78, 5) is 14.2. The van der Waals surface area contributed by atoms with E-state index >= 15 is 0 Å². The largest absolute Gasteiger partial charge is 0.490 e. The highest BCUT2D eigenvalue weighted by Crippen LogP contribution is 2.29. The number of hydrazone groups is 1. The maximum absolute atomic E-state index is 9.33. The van der Waals surface area contributed by atoms with Gasteiger partial charge in [0, 0.05) is 37.8 Å². The molecule has 0 saturated carbocycles. The lowest BCUT2D eigenvalue weighted by Gasteiger charge is -2.21. The van der Waals surface area contributed by atoms with E-state index in [4.69, 9.17) is 19.4 Å². The standard InChI is InChI=1S/C29H33N7O2/c1-2-37-26-17-22(11-12-25(26)38-21-24-10-4-3-9-23(24)19-30)20-31-34-27-18-28(35-13-5-6-14-35)33-29(32-27)36-15-7-8-16-36/h3-4,9-12,17-18,20H,2,5-8,13-16,21H2,1H3,(H,32,33,34)/b31-20-. The Hall–Kier alpha value is -4.32. The van der Waals surface area contributed by atoms with Gasteiger partial charge in [0.05, 0.1) is 24.5 Å². The quantitative estimate of drug-likeness (QED) is 0.301. The van der Waals surface area contributed by atoms with Gasteiger partial charge in [0.2, 0.25) is 5.95 Å². The highest BCUT2D eigenvalue weighted by atomic mass is 16.5. The van der Waals surface area contributed by atoms with Crippen LogP contribution in [0.1, 0.15) is 49.3 Å². The third kappa shape index (κ3) is 6.14. The lowest BCUT2D eigenvalue weighted by Crippen LogP contribution is -2.24. The van der Waals surface area contributed by atoms with E-state index in [0.717, 1.165) is 49.1 Å². The van der Waals surface area contributed by atoms with E-state index in [9.17, 15) is 5.26 Å². The molecule has 38 heavy (non-hydrogen) atoms. The Labute approximate surface area is 223 Å². The molecule has 2 saturated heterocycles. The Morgan fingerprint density at radius 2 is 1.71 bits per heavy atom. The Morgan fingerprint density at radius 3 is 2.47 bits per heavy atom. The molecule has 9 heteroatoms. The van der Waals surface area contributed by atoms with Gasteiger partial charge in [-0.3, -0.25) is 5.43 Å². The summed E-state index contributed by atoms with van der Waals surface area (Å²) in [7, 11) is 0. The molecular formula is C29H33N7O2. The van der Waals surface area contributed by atoms with Crippen molar-refractivity contribution in [3.05, 3.63) is 65.2 Å². The molecule has 1 N–H and O–H groups in total. The van der Waals surface area contributed by atoms with Crippen LogP contribution in [0.25, 0.3) is 0 Å². The summed E-state index contributed by atoms with van der Waals surface area (Å²) >= 11 is 0. The van der Waals surface area contributed by atoms with E-state index in [2.05, 4.69) is 26.4 Å². The van der Waals surface area contributed by atoms with Gasteiger partial charge in [0.25, 0.3) is 0 Å². The van der Waals surface area contributed by atoms with E-state index in [-0.39, 0.29) is 6.61 Å². The zero-order valence-electron chi connectivity index (χ0n) is 21.8. The summed E-state index contributed by atoms with van der Waals surface area (Å²) < 4.78 is 11.8. The number of benzene rings is 2. The van der Waals surface area contributed by atoms with Gasteiger partial charge >= 0.3 is 0 Å². The van der Waals surface area contributed by atoms with E-state index in [1.807, 2.05) is 49.4 Å². The Balaban J connectivity index is 1.30. The summed E-state index contributed by atoms with van der Waals surface area (Å²) in [6.07, 6.45) is 6.47. The molecular weight excluding hydrogens is 478 g/mol. The first-order valence-electron chi connectivity index (χ1n) is 13.3. The lowest BCUT2D eigenvalue weighted by molar-refractivity contribution is 0.269. The average Bonchev–Trinajstić information content (AvgIpc) is 3.68. The normalized spacial score (nSPS) is 15.2. The monoisotopic (exact) mass is 511 g/mol. The van der Waals surface area contributed by atoms with E-state index < -0.39 is 0 Å². The summed E-state index contributed by atoms with van der Waals surface area (Å²) in [5, 5.41) is 13.8. The Morgan fingerprint density at radius 1 is 0.947 bits per heavy atom. The van der Waals surface area contributed by atoms with Crippen molar-refractivity contribution in [2.75, 3.05) is 48.0 Å². The van der Waals surface area contributed by atoms with E-state index in [0.29, 0.717) is 29.5 Å². The van der Waals surface area contributed by atoms with Crippen molar-refractivity contribution in [3.63, 3.8) is 0 Å². The van der Waals surface area contributed by atoms with Crippen molar-refractivity contribution in [1.82, 2.24) is 9.97 Å². The summed E-state index contributed by atoms with van der Waals surface area (Å²) in [5.74, 6) is 3.64. The van der Waals surface area contributed by atoms with Gasteiger partial charge in [-0.25, -0.2) is 0 Å². The van der Waals surface area contributed by atoms with Crippen molar-refractivity contribution in [2.45, 2.75) is 39.2 Å². The van der Waals surface area contributed by atoms with Crippen LogP contribution in [-0.2, 0) is 6.61 Å². The highest BCUT2D eigenvalue weighted by Gasteiger charge is 2.20. The number of hydrogen-bond donors (Lipinski definition) is 1. The molecule has 2 fully saturated rings. The van der Waals surface area contributed by atoms with Crippen molar-refractivity contribution in [1.29, 1.82) is 5.26 Å². The number of aromatic nitrogens is 2. The molecule has 0 atom stereocenters. The van der Waals surface area contributed by atoms with E-state index in [1.54, 1.807) is 12.3 Å². The van der Waals surface area contributed by atoms with Gasteiger partial charge in [-0.1, -0.05) is 18.2 Å². The summed E-state index contributed by atoms with van der Waals surface area (Å²) in [6.45, 7) is 6.74. The van der Waals surface area contributed by atoms with Crippen LogP contribution in [0.3, 0.4) is 0 Å². The predicted octanol–water partition coefficient (Wildman–Crippen LogP) is 4.97. The van der Waals surface area contributed by atoms with Crippen LogP contribution in [0.15, 0.2) is 53.6 Å². The van der Waals surface area contributed by atoms with Crippen molar-refractivity contribution >= 4 is 23.8 Å². The van der Waals surface area contributed by atoms with Gasteiger partial charge in [-0.15, -0.1) is 0 Å². The first kappa shape index (κ1) is 25.3. The molecule has 0 unspecified atom stereocenters. The van der Waals surface area contributed by atoms with Crippen molar-refractivity contribution in [2.24, 2.45) is 5.10 Å². The topological polar surface area (TPSA) is 98.9 Å². The Kier molecular flexibility index (Phi) is 8.19. The molecule has 3 heterocycles. The maximum atomic E-state index is 9.33. The van der Waals surface area contributed by atoms with Crippen LogP contribution in [0.2, 0.25) is 0 Å². The fraction of sp³-hybridized carbons (Fsp3) is 0.379. The molecule has 3 aromatic rings. The molecule has 2 aliphatic rings. The first-order chi connectivity index (χ1) is 18.7. The van der Waals surface area contributed by atoms with Gasteiger partial charge in [0.15, 0.2) is 17.3 Å². The van der Waals surface area contributed by atoms with Crippen LogP contribution in [0.4, 0.5) is 17.6 Å². The molecule has 0 amide bonds. The minimum Gasteiger partial charge on any atom is -0.490 e. The van der Waals surface area contributed by atoms with Gasteiger partial charge < -0.3 is 19.3 Å². The molecule has 2 aliphatic heterocycles. The number of hydrogen-bond acceptors (Lipinski definition) is 9. The van der Waals surface area contributed by atoms with Crippen LogP contribution in [0.5, 0.6) is 11.5 Å². The minimum atomic E-state index is 0.283. The number of ether oxygens (including phenoxy) is 2. The molecule has 0 aliphatic carbocycles. The summed E-state index contributed by atoms with van der Waals surface area (Å²) in [5.41, 5.74) is 5.40. The van der Waals surface area contributed by atoms with Crippen LogP contribution in [0, 0.1) is 11.3 Å². The second-order valence-corrected chi connectivity index (χ2v) is 9.37. The zero-order valence-corrected chi connectivity index (χ0v) is 21.8. The number of nitrogens with one attached hydrogen (secondary N) is 1. The molecule has 5 rings (SSSR count). The average molecular weight is 512 g/mol. The third-order valence-electron chi connectivity index (χ3n) is 6.70. The molecule has 1 aromatic heterocycles. The number of anilines is 3. The van der Waals surface area contributed by atoms with Gasteiger partial charge in [-0.05, 0) is 62.4 Å². The lowest BCUT2D eigenvalue weighted by atomic mass is 10.1. The fourth-order valence-corrected chi connectivity index (χ4v) is 4.72. The second-order valence-electron chi connectivity index (χ2n) is 9.37. The van der Waals surface area contributed by atoms with Crippen LogP contribution in [-0.4, -0.2) is 49.0 Å². The number of nitriles is 1. The van der Waals surface area contributed by atoms with Gasteiger partial charge in [0.1, 0.15) is 12.4 Å². The minimum absolute atomic E-state index is 0.283. The molecule has 196 valence electrons. The predicted molar refractivity (Wildman–Crippen MR) is 149 cm³/mol. The van der Waals surface area contributed by atoms with Gasteiger partial charge in [-0.2, -0.15) is 20.3 Å². The second kappa shape index (κ2) is 12.3. The van der Waals surface area contributed by atoms with Crippen LogP contribution >= 0.6 is 0 Å². The zero-order chi connectivity index (χ0) is 26.2. The van der Waals surface area contributed by atoms with E-state index in [1.165, 1.54) is 25.7 Å². The number of rotatable bonds is 10. The first-order valence-corrected chi connectivity index (χ1v) is 13.3. The maximum Gasteiger partial charge on any atom is 0.229 e. The number of nitrogens with zero attached hydrogens (tertiary/aromatic N) is 6. The third-order valence-corrected chi connectivity index (χ3v) is 6.70. The van der Waals surface area contributed by atoms with Crippen molar-refractivity contribution in [3.8, 4) is 17.6 Å². The highest BCUT2D eigenvalue weighted by molar-refractivity contribution is 5.81. The fourth-order valence-electron chi connectivity index (χ4n) is 4.72. The van der Waals surface area contributed by atoms with Crippen molar-refractivity contribution < 1.29 is 9.47 Å². The van der Waals surface area contributed by atoms with Crippen LogP contribution < -0.4 is 24.7 Å². The summed E-state index contributed by atoms with van der Waals surface area (Å²) in [6, 6.07) is 17.3. The molecule has 2 aromatic carbocycles. The molecule has 0 spiro atoms. The smallest absolute Gasteiger partial charge is 0.229 e. The molecule has 0 radical (unpaired) electrons. The molecule has 0 bridgehead atoms. The SMILES string of the molecule is CCOc1cc(/C=N\Nc2cc(N3CCCC3)nc(N3CCCC3)n2)ccc1OCc1ccccc1C#N.